The van der Waals surface area contributed by atoms with E-state index in [9.17, 15) is 4.39 Å². The maximum absolute atomic E-state index is 13.1. The second-order valence-electron chi connectivity index (χ2n) is 3.06. The average molecular weight is 288 g/mol. The minimum atomic E-state index is -0.328. The van der Waals surface area contributed by atoms with Gasteiger partial charge in [-0.15, -0.1) is 0 Å². The molecular formula is C9H11BrFN5. The molecule has 86 valence electrons. The van der Waals surface area contributed by atoms with Crippen LogP contribution < -0.4 is 17.2 Å². The molecule has 0 saturated carbocycles. The lowest BCUT2D eigenvalue weighted by Gasteiger charge is -2.02. The molecule has 0 heterocycles. The molecule has 7 heteroatoms. The molecule has 16 heavy (non-hydrogen) atoms. The van der Waals surface area contributed by atoms with Crippen LogP contribution in [0.25, 0.3) is 0 Å². The number of nitrogens with zero attached hydrogens (tertiary/aromatic N) is 2. The van der Waals surface area contributed by atoms with Gasteiger partial charge in [-0.2, -0.15) is 4.99 Å². The third-order valence-corrected chi connectivity index (χ3v) is 2.34. The molecule has 1 aromatic rings. The van der Waals surface area contributed by atoms with Crippen molar-refractivity contribution in [1.29, 1.82) is 0 Å². The van der Waals surface area contributed by atoms with Crippen LogP contribution in [0.15, 0.2) is 26.6 Å². The normalized spacial score (nSPS) is 11.3. The zero-order valence-electron chi connectivity index (χ0n) is 8.54. The Balaban J connectivity index is 3.15. The Morgan fingerprint density at radius 1 is 1.31 bits per heavy atom. The second-order valence-corrected chi connectivity index (χ2v) is 3.91. The molecule has 0 unspecified atom stereocenters. The minimum absolute atomic E-state index is 0.0910. The molecule has 1 rings (SSSR count). The van der Waals surface area contributed by atoms with Crippen molar-refractivity contribution in [2.75, 3.05) is 0 Å². The summed E-state index contributed by atoms with van der Waals surface area (Å²) >= 11 is 3.16. The van der Waals surface area contributed by atoms with E-state index in [1.165, 1.54) is 12.1 Å². The van der Waals surface area contributed by atoms with Crippen molar-refractivity contribution in [3.05, 3.63) is 28.0 Å². The van der Waals surface area contributed by atoms with Crippen LogP contribution in [0.3, 0.4) is 0 Å². The van der Waals surface area contributed by atoms with Crippen molar-refractivity contribution < 1.29 is 4.39 Å². The Labute approximate surface area is 100 Å². The van der Waals surface area contributed by atoms with Crippen LogP contribution in [0.2, 0.25) is 0 Å². The number of nitrogens with two attached hydrogens (primary N) is 3. The molecule has 0 amide bonds. The zero-order valence-corrected chi connectivity index (χ0v) is 10.1. The number of aryl methyl sites for hydroxylation is 1. The summed E-state index contributed by atoms with van der Waals surface area (Å²) in [5.41, 5.74) is 16.6. The Hall–Kier alpha value is -1.63. The van der Waals surface area contributed by atoms with E-state index in [1.807, 2.05) is 0 Å². The number of rotatable bonds is 1. The molecule has 0 aliphatic heterocycles. The average Bonchev–Trinajstić information content (AvgIpc) is 2.12. The lowest BCUT2D eigenvalue weighted by molar-refractivity contribution is 0.618. The maximum Gasteiger partial charge on any atom is 0.223 e. The van der Waals surface area contributed by atoms with Gasteiger partial charge in [0.25, 0.3) is 0 Å². The number of hydrogen-bond donors (Lipinski definition) is 3. The largest absolute Gasteiger partial charge is 0.370 e. The second kappa shape index (κ2) is 4.93. The first-order valence-corrected chi connectivity index (χ1v) is 5.09. The van der Waals surface area contributed by atoms with Crippen molar-refractivity contribution in [3.63, 3.8) is 0 Å². The van der Waals surface area contributed by atoms with Crippen LogP contribution in [0.5, 0.6) is 0 Å². The summed E-state index contributed by atoms with van der Waals surface area (Å²) < 4.78 is 13.6. The summed E-state index contributed by atoms with van der Waals surface area (Å²) in [6, 6.07) is 2.84. The first-order valence-electron chi connectivity index (χ1n) is 4.29. The van der Waals surface area contributed by atoms with Crippen molar-refractivity contribution in [3.8, 4) is 0 Å². The quantitative estimate of drug-likeness (QED) is 0.533. The topological polar surface area (TPSA) is 103 Å². The van der Waals surface area contributed by atoms with Crippen LogP contribution in [-0.2, 0) is 0 Å². The summed E-state index contributed by atoms with van der Waals surface area (Å²) in [4.78, 5) is 7.49. The number of aliphatic imine (C=N–C) groups is 2. The van der Waals surface area contributed by atoms with Crippen molar-refractivity contribution in [2.45, 2.75) is 6.92 Å². The molecule has 0 aromatic heterocycles. The molecule has 0 fully saturated rings. The van der Waals surface area contributed by atoms with Gasteiger partial charge >= 0.3 is 0 Å². The molecule has 1 aromatic carbocycles. The molecule has 0 atom stereocenters. The van der Waals surface area contributed by atoms with Gasteiger partial charge in [-0.3, -0.25) is 0 Å². The molecule has 0 aliphatic rings. The number of hydrogen-bond acceptors (Lipinski definition) is 1. The SMILES string of the molecule is Cc1cc(N=C(N)N=C(N)N)c(Br)cc1F. The van der Waals surface area contributed by atoms with E-state index in [2.05, 4.69) is 25.9 Å². The first kappa shape index (κ1) is 12.4. The smallest absolute Gasteiger partial charge is 0.223 e. The molecule has 5 nitrogen and oxygen atoms in total. The van der Waals surface area contributed by atoms with Crippen LogP contribution in [0.4, 0.5) is 10.1 Å². The van der Waals surface area contributed by atoms with Crippen LogP contribution >= 0.6 is 15.9 Å². The summed E-state index contributed by atoms with van der Waals surface area (Å²) in [5.74, 6) is -0.603. The van der Waals surface area contributed by atoms with Gasteiger partial charge in [0.1, 0.15) is 5.82 Å². The van der Waals surface area contributed by atoms with Crippen molar-refractivity contribution in [1.82, 2.24) is 0 Å². The van der Waals surface area contributed by atoms with Gasteiger partial charge in [-0.25, -0.2) is 9.38 Å². The van der Waals surface area contributed by atoms with Gasteiger partial charge in [0.05, 0.1) is 5.69 Å². The third kappa shape index (κ3) is 3.20. The predicted molar refractivity (Wildman–Crippen MR) is 65.9 cm³/mol. The highest BCUT2D eigenvalue weighted by Gasteiger charge is 2.04. The Bertz CT molecular complexity index is 465. The van der Waals surface area contributed by atoms with Gasteiger partial charge in [-0.1, -0.05) is 0 Å². The molecule has 0 aliphatic carbocycles. The third-order valence-electron chi connectivity index (χ3n) is 1.71. The molecule has 0 bridgehead atoms. The summed E-state index contributed by atoms with van der Waals surface area (Å²) in [5, 5.41) is 0. The van der Waals surface area contributed by atoms with Crippen LogP contribution in [-0.4, -0.2) is 11.9 Å². The fraction of sp³-hybridized carbons (Fsp3) is 0.111. The molecule has 6 N–H and O–H groups in total. The maximum atomic E-state index is 13.1. The van der Waals surface area contributed by atoms with Crippen LogP contribution in [0.1, 0.15) is 5.56 Å². The van der Waals surface area contributed by atoms with Gasteiger partial charge in [0.15, 0.2) is 5.96 Å². The van der Waals surface area contributed by atoms with Gasteiger partial charge < -0.3 is 17.2 Å². The zero-order chi connectivity index (χ0) is 12.3. The molecule has 0 saturated heterocycles. The number of halogens is 2. The standard InChI is InChI=1S/C9H11BrFN5/c1-4-2-7(5(10)3-6(4)11)15-9(14)16-8(12)13/h2-3H,1H3,(H6,12,13,14,15,16). The van der Waals surface area contributed by atoms with E-state index in [-0.39, 0.29) is 17.7 Å². The highest BCUT2D eigenvalue weighted by molar-refractivity contribution is 9.10. The fourth-order valence-corrected chi connectivity index (χ4v) is 1.41. The van der Waals surface area contributed by atoms with Gasteiger partial charge in [-0.05, 0) is 40.5 Å². The lowest BCUT2D eigenvalue weighted by Crippen LogP contribution is -2.26. The summed E-state index contributed by atoms with van der Waals surface area (Å²) in [6.45, 7) is 1.62. The van der Waals surface area contributed by atoms with Gasteiger partial charge in [0.2, 0.25) is 5.96 Å². The van der Waals surface area contributed by atoms with Crippen molar-refractivity contribution >= 4 is 33.5 Å². The van der Waals surface area contributed by atoms with E-state index >= 15 is 0 Å². The van der Waals surface area contributed by atoms with Crippen molar-refractivity contribution in [2.24, 2.45) is 27.2 Å². The van der Waals surface area contributed by atoms with E-state index < -0.39 is 0 Å². The molecule has 0 spiro atoms. The number of guanidine groups is 2. The highest BCUT2D eigenvalue weighted by atomic mass is 79.9. The lowest BCUT2D eigenvalue weighted by atomic mass is 10.2. The summed E-state index contributed by atoms with van der Waals surface area (Å²) in [6.07, 6.45) is 0. The Kier molecular flexibility index (Phi) is 3.83. The van der Waals surface area contributed by atoms with Crippen LogP contribution in [0, 0.1) is 12.7 Å². The Morgan fingerprint density at radius 3 is 2.50 bits per heavy atom. The molecular weight excluding hydrogens is 277 g/mol. The van der Waals surface area contributed by atoms with E-state index in [0.29, 0.717) is 15.7 Å². The van der Waals surface area contributed by atoms with E-state index in [1.54, 1.807) is 6.92 Å². The number of benzene rings is 1. The van der Waals surface area contributed by atoms with E-state index in [0.717, 1.165) is 0 Å². The minimum Gasteiger partial charge on any atom is -0.370 e. The first-order chi connectivity index (χ1) is 7.40. The predicted octanol–water partition coefficient (Wildman–Crippen LogP) is 1.12. The Morgan fingerprint density at radius 2 is 1.94 bits per heavy atom. The monoisotopic (exact) mass is 287 g/mol. The highest BCUT2D eigenvalue weighted by Crippen LogP contribution is 2.28. The fourth-order valence-electron chi connectivity index (χ4n) is 1.01. The molecule has 0 radical (unpaired) electrons. The van der Waals surface area contributed by atoms with E-state index in [4.69, 9.17) is 17.2 Å². The van der Waals surface area contributed by atoms with Gasteiger partial charge in [0, 0.05) is 4.47 Å². The summed E-state index contributed by atoms with van der Waals surface area (Å²) in [7, 11) is 0.